The Balaban J connectivity index is 1.76. The molecule has 1 atom stereocenters. The molecule has 21 heavy (non-hydrogen) atoms. The zero-order valence-electron chi connectivity index (χ0n) is 13.5. The predicted octanol–water partition coefficient (Wildman–Crippen LogP) is 4.29. The summed E-state index contributed by atoms with van der Waals surface area (Å²) in [7, 11) is 0. The van der Waals surface area contributed by atoms with E-state index >= 15 is 0 Å². The second-order valence-corrected chi connectivity index (χ2v) is 7.54. The maximum absolute atomic E-state index is 5.08. The van der Waals surface area contributed by atoms with E-state index in [0.717, 1.165) is 12.6 Å². The molecule has 1 aromatic rings. The fourth-order valence-corrected chi connectivity index (χ4v) is 4.46. The van der Waals surface area contributed by atoms with Gasteiger partial charge in [0, 0.05) is 17.5 Å². The monoisotopic (exact) mass is 307 g/mol. The third-order valence-corrected chi connectivity index (χ3v) is 5.74. The van der Waals surface area contributed by atoms with Crippen molar-refractivity contribution in [2.75, 3.05) is 18.0 Å². The molecule has 0 spiro atoms. The average molecular weight is 308 g/mol. The zero-order chi connectivity index (χ0) is 14.7. The van der Waals surface area contributed by atoms with Gasteiger partial charge in [-0.25, -0.2) is 4.98 Å². The summed E-state index contributed by atoms with van der Waals surface area (Å²) in [4.78, 5) is 9.23. The van der Waals surface area contributed by atoms with Crippen molar-refractivity contribution in [2.24, 2.45) is 0 Å². The van der Waals surface area contributed by atoms with Gasteiger partial charge in [0.15, 0.2) is 5.13 Å². The molecular weight excluding hydrogens is 278 g/mol. The first-order valence-corrected chi connectivity index (χ1v) is 9.64. The van der Waals surface area contributed by atoms with Crippen molar-refractivity contribution in [3.63, 3.8) is 0 Å². The van der Waals surface area contributed by atoms with Crippen LogP contribution in [0, 0.1) is 0 Å². The summed E-state index contributed by atoms with van der Waals surface area (Å²) in [5.74, 6) is 0. The van der Waals surface area contributed by atoms with Crippen LogP contribution in [0.2, 0.25) is 0 Å². The molecule has 1 aromatic heterocycles. The van der Waals surface area contributed by atoms with Gasteiger partial charge in [-0.2, -0.15) is 0 Å². The van der Waals surface area contributed by atoms with E-state index in [1.807, 2.05) is 11.3 Å². The first-order chi connectivity index (χ1) is 10.3. The summed E-state index contributed by atoms with van der Waals surface area (Å²) in [5.41, 5.74) is 1.37. The van der Waals surface area contributed by atoms with Crippen LogP contribution >= 0.6 is 11.3 Å². The van der Waals surface area contributed by atoms with Crippen molar-refractivity contribution in [1.82, 2.24) is 10.3 Å². The molecule has 3 rings (SSSR count). The first-order valence-electron chi connectivity index (χ1n) is 8.83. The zero-order valence-corrected chi connectivity index (χ0v) is 14.3. The quantitative estimate of drug-likeness (QED) is 0.776. The van der Waals surface area contributed by atoms with Gasteiger partial charge in [-0.1, -0.05) is 20.3 Å². The number of nitrogens with one attached hydrogen (secondary N) is 1. The minimum absolute atomic E-state index is 0.505. The lowest BCUT2D eigenvalue weighted by Gasteiger charge is -2.22. The molecule has 1 N–H and O–H groups in total. The van der Waals surface area contributed by atoms with Gasteiger partial charge in [0.05, 0.1) is 11.7 Å². The number of unbranched alkanes of at least 4 members (excludes halogenated alkanes) is 1. The number of hydrogen-bond donors (Lipinski definition) is 1. The smallest absolute Gasteiger partial charge is 0.186 e. The van der Waals surface area contributed by atoms with Gasteiger partial charge in [-0.15, -0.1) is 11.3 Å². The van der Waals surface area contributed by atoms with Crippen LogP contribution in [-0.4, -0.2) is 24.1 Å². The van der Waals surface area contributed by atoms with E-state index in [1.165, 1.54) is 68.7 Å². The van der Waals surface area contributed by atoms with E-state index in [1.54, 1.807) is 4.88 Å². The lowest BCUT2D eigenvalue weighted by Crippen LogP contribution is -2.27. The van der Waals surface area contributed by atoms with E-state index in [4.69, 9.17) is 4.98 Å². The Morgan fingerprint density at radius 3 is 2.81 bits per heavy atom. The average Bonchev–Trinajstić information content (AvgIpc) is 3.24. The van der Waals surface area contributed by atoms with Crippen LogP contribution in [0.1, 0.15) is 75.4 Å². The summed E-state index contributed by atoms with van der Waals surface area (Å²) < 4.78 is 0. The van der Waals surface area contributed by atoms with Crippen molar-refractivity contribution in [3.8, 4) is 0 Å². The molecule has 2 aliphatic carbocycles. The van der Waals surface area contributed by atoms with E-state index in [9.17, 15) is 0 Å². The fourth-order valence-electron chi connectivity index (χ4n) is 3.19. The van der Waals surface area contributed by atoms with Crippen molar-refractivity contribution in [1.29, 1.82) is 0 Å². The molecule has 118 valence electrons. The maximum atomic E-state index is 5.08. The van der Waals surface area contributed by atoms with Gasteiger partial charge in [0.1, 0.15) is 0 Å². The largest absolute Gasteiger partial charge is 0.345 e. The third kappa shape index (κ3) is 3.59. The van der Waals surface area contributed by atoms with Crippen molar-refractivity contribution in [3.05, 3.63) is 10.6 Å². The highest BCUT2D eigenvalue weighted by Crippen LogP contribution is 2.40. The van der Waals surface area contributed by atoms with Gasteiger partial charge >= 0.3 is 0 Å². The molecule has 0 bridgehead atoms. The lowest BCUT2D eigenvalue weighted by molar-refractivity contribution is 0.454. The molecule has 3 nitrogen and oxygen atoms in total. The second-order valence-electron chi connectivity index (χ2n) is 6.48. The lowest BCUT2D eigenvalue weighted by atomic mass is 9.97. The summed E-state index contributed by atoms with van der Waals surface area (Å²) >= 11 is 1.97. The van der Waals surface area contributed by atoms with Crippen LogP contribution in [0.15, 0.2) is 0 Å². The summed E-state index contributed by atoms with van der Waals surface area (Å²) in [6, 6.07) is 1.29. The van der Waals surface area contributed by atoms with E-state index < -0.39 is 0 Å². The number of aromatic nitrogens is 1. The number of rotatable bonds is 8. The van der Waals surface area contributed by atoms with Crippen LogP contribution in [0.5, 0.6) is 0 Å². The molecule has 0 saturated heterocycles. The Morgan fingerprint density at radius 1 is 1.24 bits per heavy atom. The minimum Gasteiger partial charge on any atom is -0.345 e. The molecule has 0 amide bonds. The van der Waals surface area contributed by atoms with Gasteiger partial charge in [-0.3, -0.25) is 0 Å². The fraction of sp³-hybridized carbons (Fsp3) is 0.824. The number of nitrogens with zero attached hydrogens (tertiary/aromatic N) is 2. The molecule has 0 aliphatic heterocycles. The molecule has 4 heteroatoms. The van der Waals surface area contributed by atoms with Crippen LogP contribution < -0.4 is 10.2 Å². The van der Waals surface area contributed by atoms with Crippen LogP contribution in [0.25, 0.3) is 0 Å². The van der Waals surface area contributed by atoms with Crippen molar-refractivity contribution in [2.45, 2.75) is 77.3 Å². The molecule has 1 saturated carbocycles. The van der Waals surface area contributed by atoms with Crippen molar-refractivity contribution >= 4 is 16.5 Å². The van der Waals surface area contributed by atoms with Gasteiger partial charge in [0.25, 0.3) is 0 Å². The topological polar surface area (TPSA) is 28.2 Å². The predicted molar refractivity (Wildman–Crippen MR) is 91.4 cm³/mol. The molecule has 1 fully saturated rings. The highest BCUT2D eigenvalue weighted by molar-refractivity contribution is 7.15. The third-order valence-electron chi connectivity index (χ3n) is 4.57. The highest BCUT2D eigenvalue weighted by Gasteiger charge is 2.32. The normalized spacial score (nSPS) is 21.3. The van der Waals surface area contributed by atoms with Gasteiger partial charge in [-0.05, 0) is 51.5 Å². The molecule has 0 aromatic carbocycles. The molecule has 2 aliphatic rings. The maximum Gasteiger partial charge on any atom is 0.186 e. The summed E-state index contributed by atoms with van der Waals surface area (Å²) in [6.07, 6.45) is 10.3. The minimum atomic E-state index is 0.505. The molecule has 0 radical (unpaired) electrons. The van der Waals surface area contributed by atoms with Crippen LogP contribution in [0.3, 0.4) is 0 Å². The Hall–Kier alpha value is -0.610. The van der Waals surface area contributed by atoms with E-state index in [2.05, 4.69) is 24.1 Å². The Kier molecular flexibility index (Phi) is 5.17. The van der Waals surface area contributed by atoms with Gasteiger partial charge in [0.2, 0.25) is 0 Å². The molecule has 1 heterocycles. The highest BCUT2D eigenvalue weighted by atomic mass is 32.1. The van der Waals surface area contributed by atoms with Gasteiger partial charge < -0.3 is 10.2 Å². The van der Waals surface area contributed by atoms with Crippen LogP contribution in [-0.2, 0) is 6.42 Å². The number of fused-ring (bicyclic) bond motifs is 1. The number of aryl methyl sites for hydroxylation is 1. The number of thiazole rings is 1. The van der Waals surface area contributed by atoms with E-state index in [0.29, 0.717) is 6.04 Å². The molecular formula is C17H29N3S. The standard InChI is InChI=1S/C17H29N3S/c1-3-5-12-20(13-9-10-13)17-19-16-14(18-11-4-2)7-6-8-15(16)21-17/h13-14,18H,3-12H2,1-2H3. The Labute approximate surface area is 133 Å². The summed E-state index contributed by atoms with van der Waals surface area (Å²) in [6.45, 7) is 6.82. The summed E-state index contributed by atoms with van der Waals surface area (Å²) in [5, 5.41) is 5.00. The van der Waals surface area contributed by atoms with E-state index in [-0.39, 0.29) is 0 Å². The van der Waals surface area contributed by atoms with Crippen molar-refractivity contribution < 1.29 is 0 Å². The Morgan fingerprint density at radius 2 is 2.10 bits per heavy atom. The SMILES string of the molecule is CCCCN(c1nc2c(s1)CCCC2NCCC)C1CC1. The number of anilines is 1. The molecule has 1 unspecified atom stereocenters. The number of hydrogen-bond acceptors (Lipinski definition) is 4. The first kappa shape index (κ1) is 15.3. The second kappa shape index (κ2) is 7.10. The Bertz CT molecular complexity index is 453. The van der Waals surface area contributed by atoms with Crippen LogP contribution in [0.4, 0.5) is 5.13 Å².